The second-order valence-electron chi connectivity index (χ2n) is 3.09. The van der Waals surface area contributed by atoms with Crippen LogP contribution in [0.15, 0.2) is 0 Å². The van der Waals surface area contributed by atoms with Gasteiger partial charge < -0.3 is 10.2 Å². The molecule has 0 fully saturated rings. The Morgan fingerprint density at radius 3 is 1.12 bits per heavy atom. The fraction of sp³-hybridized carbons (Fsp3) is 1.00. The van der Waals surface area contributed by atoms with E-state index in [0.717, 1.165) is 11.0 Å². The molecule has 52 valence electrons. The molecule has 0 aromatic heterocycles. The summed E-state index contributed by atoms with van der Waals surface area (Å²) in [5.41, 5.74) is 4.85. The van der Waals surface area contributed by atoms with Gasteiger partial charge in [0.15, 0.2) is 0 Å². The van der Waals surface area contributed by atoms with Crippen molar-refractivity contribution < 1.29 is 4.48 Å². The van der Waals surface area contributed by atoms with Gasteiger partial charge >= 0.3 is 0 Å². The monoisotopic (exact) mass is 119 g/mol. The van der Waals surface area contributed by atoms with Crippen molar-refractivity contribution in [2.24, 2.45) is 5.73 Å². The Morgan fingerprint density at radius 2 is 1.12 bits per heavy atom. The molecule has 0 radical (unpaired) electrons. The molecule has 8 heavy (non-hydrogen) atoms. The highest BCUT2D eigenvalue weighted by molar-refractivity contribution is 4.00. The Labute approximate surface area is 52.9 Å². The normalized spacial score (nSPS) is 9.75. The van der Waals surface area contributed by atoms with Crippen LogP contribution < -0.4 is 5.73 Å². The van der Waals surface area contributed by atoms with Crippen molar-refractivity contribution in [2.45, 2.75) is 6.92 Å². The van der Waals surface area contributed by atoms with E-state index in [1.807, 2.05) is 6.92 Å². The molecule has 0 atom stereocenters. The number of quaternary nitrogens is 1. The lowest BCUT2D eigenvalue weighted by atomic mass is 10.8. The molecule has 0 saturated heterocycles. The van der Waals surface area contributed by atoms with E-state index in [-0.39, 0.29) is 0 Å². The van der Waals surface area contributed by atoms with Crippen LogP contribution in [0.4, 0.5) is 0 Å². The zero-order valence-electron chi connectivity index (χ0n) is 6.73. The predicted molar refractivity (Wildman–Crippen MR) is 38.7 cm³/mol. The van der Waals surface area contributed by atoms with Gasteiger partial charge in [0.2, 0.25) is 0 Å². The van der Waals surface area contributed by atoms with E-state index in [9.17, 15) is 0 Å². The number of nitrogens with two attached hydrogens (primary N) is 1. The maximum Gasteiger partial charge on any atom is 0.0675 e. The minimum absolute atomic E-state index is 0.750. The molecule has 0 aromatic rings. The molecule has 2 N–H and O–H groups in total. The highest BCUT2D eigenvalue weighted by Crippen LogP contribution is 1.73. The fourth-order valence-electron chi connectivity index (χ4n) is 0. The van der Waals surface area contributed by atoms with Gasteiger partial charge in [-0.25, -0.2) is 0 Å². The van der Waals surface area contributed by atoms with Crippen molar-refractivity contribution in [3.05, 3.63) is 0 Å². The summed E-state index contributed by atoms with van der Waals surface area (Å²) in [6, 6.07) is 0. The first-order chi connectivity index (χ1) is 3.41. The highest BCUT2D eigenvalue weighted by Gasteiger charge is 1.88. The molecule has 0 spiro atoms. The summed E-state index contributed by atoms with van der Waals surface area (Å²) in [4.78, 5) is 0. The summed E-state index contributed by atoms with van der Waals surface area (Å²) in [6.07, 6.45) is 0. The molecule has 0 bridgehead atoms. The van der Waals surface area contributed by atoms with Gasteiger partial charge in [-0.05, 0) is 6.54 Å². The average Bonchev–Trinajstić information content (AvgIpc) is 1.27. The van der Waals surface area contributed by atoms with Gasteiger partial charge in [0.1, 0.15) is 0 Å². The largest absolute Gasteiger partial charge is 0.333 e. The third-order valence-corrected chi connectivity index (χ3v) is 0. The Morgan fingerprint density at radius 1 is 1.12 bits per heavy atom. The van der Waals surface area contributed by atoms with Crippen LogP contribution >= 0.6 is 0 Å². The van der Waals surface area contributed by atoms with E-state index in [2.05, 4.69) is 28.2 Å². The van der Waals surface area contributed by atoms with Gasteiger partial charge in [0, 0.05) is 0 Å². The van der Waals surface area contributed by atoms with Crippen LogP contribution in [-0.2, 0) is 0 Å². The molecule has 0 rings (SSSR count). The van der Waals surface area contributed by atoms with Crippen molar-refractivity contribution in [2.75, 3.05) is 34.7 Å². The van der Waals surface area contributed by atoms with E-state index in [1.165, 1.54) is 0 Å². The van der Waals surface area contributed by atoms with E-state index in [4.69, 9.17) is 5.73 Å². The molecule has 0 amide bonds. The van der Waals surface area contributed by atoms with Crippen molar-refractivity contribution in [3.63, 3.8) is 0 Å². The molecule has 2 heteroatoms. The SMILES string of the molecule is CCN.C[N+](C)(C)C. The van der Waals surface area contributed by atoms with Crippen LogP contribution in [0.25, 0.3) is 0 Å². The van der Waals surface area contributed by atoms with Crippen molar-refractivity contribution in [3.8, 4) is 0 Å². The molecule has 0 saturated carbocycles. The third-order valence-electron chi connectivity index (χ3n) is 0. The molecule has 0 aliphatic carbocycles. The van der Waals surface area contributed by atoms with E-state index >= 15 is 0 Å². The van der Waals surface area contributed by atoms with Gasteiger partial charge in [0.05, 0.1) is 28.2 Å². The maximum atomic E-state index is 4.85. The topological polar surface area (TPSA) is 26.0 Å². The molecular weight excluding hydrogens is 100 g/mol. The zero-order chi connectivity index (χ0) is 7.21. The molecule has 0 unspecified atom stereocenters. The summed E-state index contributed by atoms with van der Waals surface area (Å²) in [5, 5.41) is 0. The summed E-state index contributed by atoms with van der Waals surface area (Å²) in [5.74, 6) is 0. The Bertz CT molecular complexity index is 30.3. The minimum atomic E-state index is 0.750. The third kappa shape index (κ3) is 22400. The second-order valence-corrected chi connectivity index (χ2v) is 3.09. The number of hydrogen-bond donors (Lipinski definition) is 1. The van der Waals surface area contributed by atoms with Crippen molar-refractivity contribution in [1.29, 1.82) is 0 Å². The Kier molecular flexibility index (Phi) is 6.85. The van der Waals surface area contributed by atoms with E-state index in [1.54, 1.807) is 0 Å². The molecule has 0 aliphatic rings. The van der Waals surface area contributed by atoms with Gasteiger partial charge in [-0.15, -0.1) is 0 Å². The predicted octanol–water partition coefficient (Wildman–Crippen LogP) is 0.287. The molecule has 0 aromatic carbocycles. The first-order valence-corrected chi connectivity index (χ1v) is 2.90. The lowest BCUT2D eigenvalue weighted by Gasteiger charge is -2.14. The smallest absolute Gasteiger partial charge is 0.0675 e. The van der Waals surface area contributed by atoms with Gasteiger partial charge in [-0.1, -0.05) is 6.92 Å². The second kappa shape index (κ2) is 5.06. The van der Waals surface area contributed by atoms with E-state index < -0.39 is 0 Å². The first kappa shape index (κ1) is 10.8. The zero-order valence-corrected chi connectivity index (χ0v) is 6.73. The van der Waals surface area contributed by atoms with Gasteiger partial charge in [0.25, 0.3) is 0 Å². The summed E-state index contributed by atoms with van der Waals surface area (Å²) in [7, 11) is 8.50. The standard InChI is InChI=1S/C4H12N.C2H7N/c1-5(2,3)4;1-2-3/h1-4H3;2-3H2,1H3/q+1;. The number of rotatable bonds is 0. The van der Waals surface area contributed by atoms with Crippen LogP contribution in [0.1, 0.15) is 6.92 Å². The summed E-state index contributed by atoms with van der Waals surface area (Å²) in [6.45, 7) is 2.65. The van der Waals surface area contributed by atoms with Crippen LogP contribution in [0.5, 0.6) is 0 Å². The van der Waals surface area contributed by atoms with Crippen LogP contribution in [0.2, 0.25) is 0 Å². The highest BCUT2D eigenvalue weighted by atomic mass is 15.2. The lowest BCUT2D eigenvalue weighted by molar-refractivity contribution is -0.849. The maximum absolute atomic E-state index is 4.85. The average molecular weight is 119 g/mol. The first-order valence-electron chi connectivity index (χ1n) is 2.90. The van der Waals surface area contributed by atoms with Crippen LogP contribution in [0, 0.1) is 0 Å². The van der Waals surface area contributed by atoms with E-state index in [0.29, 0.717) is 0 Å². The Balaban J connectivity index is 0. The molecule has 2 nitrogen and oxygen atoms in total. The minimum Gasteiger partial charge on any atom is -0.333 e. The lowest BCUT2D eigenvalue weighted by Crippen LogP contribution is -2.27. The molecular formula is C6H19N2+. The molecule has 0 heterocycles. The molecule has 0 aliphatic heterocycles. The van der Waals surface area contributed by atoms with Gasteiger partial charge in [-0.3, -0.25) is 0 Å². The van der Waals surface area contributed by atoms with Crippen LogP contribution in [-0.4, -0.2) is 39.2 Å². The van der Waals surface area contributed by atoms with Gasteiger partial charge in [-0.2, -0.15) is 0 Å². The van der Waals surface area contributed by atoms with Crippen LogP contribution in [0.3, 0.4) is 0 Å². The quantitative estimate of drug-likeness (QED) is 0.456. The summed E-state index contributed by atoms with van der Waals surface area (Å²) < 4.78 is 1.00. The Hall–Kier alpha value is -0.0800. The number of hydrogen-bond acceptors (Lipinski definition) is 1. The van der Waals surface area contributed by atoms with Crippen molar-refractivity contribution >= 4 is 0 Å². The van der Waals surface area contributed by atoms with Crippen molar-refractivity contribution in [1.82, 2.24) is 0 Å². The fourth-order valence-corrected chi connectivity index (χ4v) is 0. The number of nitrogens with zero attached hydrogens (tertiary/aromatic N) is 1. The summed E-state index contributed by atoms with van der Waals surface area (Å²) >= 11 is 0.